The number of ether oxygens (including phenoxy) is 1. The molecule has 1 aliphatic rings. The second-order valence-electron chi connectivity index (χ2n) is 6.65. The second-order valence-corrected chi connectivity index (χ2v) is 6.65. The number of urea groups is 1. The molecule has 0 spiro atoms. The molecule has 0 bridgehead atoms. The van der Waals surface area contributed by atoms with Crippen molar-refractivity contribution < 1.29 is 14.1 Å². The molecule has 0 aliphatic carbocycles. The Balaban J connectivity index is 1.83. The lowest BCUT2D eigenvalue weighted by Gasteiger charge is -2.32. The molecular weight excluding hydrogens is 284 g/mol. The van der Waals surface area contributed by atoms with Crippen molar-refractivity contribution in [2.24, 2.45) is 0 Å². The quantitative estimate of drug-likeness (QED) is 0.921. The summed E-state index contributed by atoms with van der Waals surface area (Å²) in [5.74, 6) is 1.07. The van der Waals surface area contributed by atoms with Crippen molar-refractivity contribution in [1.82, 2.24) is 20.4 Å². The largest absolute Gasteiger partial charge is 0.375 e. The van der Waals surface area contributed by atoms with Crippen LogP contribution in [0.4, 0.5) is 4.79 Å². The molecule has 1 aromatic heterocycles. The van der Waals surface area contributed by atoms with Crippen LogP contribution in [0.5, 0.6) is 0 Å². The lowest BCUT2D eigenvalue weighted by Crippen LogP contribution is -2.49. The summed E-state index contributed by atoms with van der Waals surface area (Å²) in [7, 11) is 0. The molecule has 22 heavy (non-hydrogen) atoms. The highest BCUT2D eigenvalue weighted by Gasteiger charge is 2.25. The van der Waals surface area contributed by atoms with Crippen LogP contribution in [0, 0.1) is 0 Å². The van der Waals surface area contributed by atoms with E-state index in [1.807, 2.05) is 20.8 Å². The Morgan fingerprint density at radius 1 is 1.45 bits per heavy atom. The van der Waals surface area contributed by atoms with Crippen LogP contribution in [-0.2, 0) is 16.7 Å². The molecule has 2 rings (SSSR count). The highest BCUT2D eigenvalue weighted by molar-refractivity contribution is 5.74. The molecule has 1 saturated heterocycles. The van der Waals surface area contributed by atoms with Crippen molar-refractivity contribution >= 4 is 6.03 Å². The molecule has 0 saturated carbocycles. The zero-order valence-electron chi connectivity index (χ0n) is 13.9. The topological polar surface area (TPSA) is 80.5 Å². The first kappa shape index (κ1) is 16.7. The molecule has 1 fully saturated rings. The van der Waals surface area contributed by atoms with Crippen LogP contribution in [0.2, 0.25) is 0 Å². The summed E-state index contributed by atoms with van der Waals surface area (Å²) in [6, 6.07) is -0.105. The Morgan fingerprint density at radius 2 is 2.23 bits per heavy atom. The fourth-order valence-electron chi connectivity index (χ4n) is 2.30. The Labute approximate surface area is 131 Å². The lowest BCUT2D eigenvalue weighted by molar-refractivity contribution is -0.0181. The van der Waals surface area contributed by atoms with Gasteiger partial charge in [-0.05, 0) is 6.42 Å². The van der Waals surface area contributed by atoms with Crippen molar-refractivity contribution in [2.75, 3.05) is 19.7 Å². The van der Waals surface area contributed by atoms with Gasteiger partial charge in [0.25, 0.3) is 0 Å². The van der Waals surface area contributed by atoms with Crippen molar-refractivity contribution in [1.29, 1.82) is 0 Å². The number of carbonyl (C=O) groups is 1. The van der Waals surface area contributed by atoms with Gasteiger partial charge in [0.1, 0.15) is 0 Å². The first-order chi connectivity index (χ1) is 10.4. The second kappa shape index (κ2) is 7.09. The summed E-state index contributed by atoms with van der Waals surface area (Å²) in [6.07, 6.45) is 2.17. The molecule has 1 N–H and O–H groups in total. The number of rotatable bonds is 4. The Bertz CT molecular complexity index is 493. The van der Waals surface area contributed by atoms with Crippen LogP contribution >= 0.6 is 0 Å². The van der Waals surface area contributed by atoms with E-state index < -0.39 is 0 Å². The van der Waals surface area contributed by atoms with Crippen molar-refractivity contribution in [3.05, 3.63) is 11.7 Å². The standard InChI is InChI=1S/C15H26N4O3/c1-5-6-11-10-19(7-8-21-11)14(20)16-9-12-17-13(22-18-12)15(2,3)4/h11H,5-10H2,1-4H3,(H,16,20)/t11-/m1/s1. The fraction of sp³-hybridized carbons (Fsp3) is 0.800. The molecule has 0 radical (unpaired) electrons. The van der Waals surface area contributed by atoms with Gasteiger partial charge in [-0.2, -0.15) is 4.98 Å². The highest BCUT2D eigenvalue weighted by Crippen LogP contribution is 2.19. The Hall–Kier alpha value is -1.63. The highest BCUT2D eigenvalue weighted by atomic mass is 16.5. The van der Waals surface area contributed by atoms with Crippen LogP contribution in [-0.4, -0.2) is 46.9 Å². The molecule has 7 heteroatoms. The fourth-order valence-corrected chi connectivity index (χ4v) is 2.30. The Morgan fingerprint density at radius 3 is 2.86 bits per heavy atom. The van der Waals surface area contributed by atoms with Gasteiger partial charge in [-0.25, -0.2) is 4.79 Å². The van der Waals surface area contributed by atoms with Gasteiger partial charge in [-0.15, -0.1) is 0 Å². The van der Waals surface area contributed by atoms with Crippen LogP contribution in [0.3, 0.4) is 0 Å². The van der Waals surface area contributed by atoms with Crippen LogP contribution in [0.15, 0.2) is 4.52 Å². The van der Waals surface area contributed by atoms with Crippen molar-refractivity contribution in [3.8, 4) is 0 Å². The maximum Gasteiger partial charge on any atom is 0.317 e. The first-order valence-corrected chi connectivity index (χ1v) is 7.87. The van der Waals surface area contributed by atoms with Gasteiger partial charge in [0, 0.05) is 18.5 Å². The van der Waals surface area contributed by atoms with E-state index >= 15 is 0 Å². The first-order valence-electron chi connectivity index (χ1n) is 7.87. The third-order valence-corrected chi connectivity index (χ3v) is 3.54. The van der Waals surface area contributed by atoms with E-state index in [0.717, 1.165) is 12.8 Å². The summed E-state index contributed by atoms with van der Waals surface area (Å²) in [5.41, 5.74) is -0.188. The van der Waals surface area contributed by atoms with Gasteiger partial charge in [0.05, 0.1) is 19.3 Å². The smallest absolute Gasteiger partial charge is 0.317 e. The summed E-state index contributed by atoms with van der Waals surface area (Å²) in [5, 5.41) is 6.74. The SMILES string of the molecule is CCC[C@@H]1CN(C(=O)NCc2noc(C(C)(C)C)n2)CCO1. The number of aromatic nitrogens is 2. The van der Waals surface area contributed by atoms with E-state index in [1.165, 1.54) is 0 Å². The normalized spacial score (nSPS) is 19.3. The van der Waals surface area contributed by atoms with Crippen LogP contribution in [0.25, 0.3) is 0 Å². The minimum absolute atomic E-state index is 0.105. The summed E-state index contributed by atoms with van der Waals surface area (Å²) < 4.78 is 10.9. The summed E-state index contributed by atoms with van der Waals surface area (Å²) in [6.45, 7) is 10.2. The van der Waals surface area contributed by atoms with Crippen LogP contribution in [0.1, 0.15) is 52.3 Å². The molecular formula is C15H26N4O3. The van der Waals surface area contributed by atoms with Crippen LogP contribution < -0.4 is 5.32 Å². The number of nitrogens with zero attached hydrogens (tertiary/aromatic N) is 3. The number of hydrogen-bond donors (Lipinski definition) is 1. The molecule has 124 valence electrons. The minimum atomic E-state index is -0.188. The number of amides is 2. The van der Waals surface area contributed by atoms with E-state index in [1.54, 1.807) is 4.90 Å². The van der Waals surface area contributed by atoms with Gasteiger partial charge >= 0.3 is 6.03 Å². The molecule has 0 unspecified atom stereocenters. The summed E-state index contributed by atoms with van der Waals surface area (Å²) >= 11 is 0. The zero-order valence-corrected chi connectivity index (χ0v) is 13.9. The van der Waals surface area contributed by atoms with Crippen molar-refractivity contribution in [2.45, 2.75) is 58.6 Å². The Kier molecular flexibility index (Phi) is 5.39. The van der Waals surface area contributed by atoms with E-state index in [4.69, 9.17) is 9.26 Å². The molecule has 0 aromatic carbocycles. The number of morpholine rings is 1. The monoisotopic (exact) mass is 310 g/mol. The number of hydrogen-bond acceptors (Lipinski definition) is 5. The maximum absolute atomic E-state index is 12.2. The third-order valence-electron chi connectivity index (χ3n) is 3.54. The zero-order chi connectivity index (χ0) is 16.2. The average Bonchev–Trinajstić information content (AvgIpc) is 2.94. The maximum atomic E-state index is 12.2. The van der Waals surface area contributed by atoms with Gasteiger partial charge < -0.3 is 19.5 Å². The third kappa shape index (κ3) is 4.43. The average molecular weight is 310 g/mol. The molecule has 2 amide bonds. The predicted octanol–water partition coefficient (Wildman–Crippen LogP) is 2.08. The molecule has 2 heterocycles. The minimum Gasteiger partial charge on any atom is -0.375 e. The van der Waals surface area contributed by atoms with Gasteiger partial charge in [0.2, 0.25) is 5.89 Å². The van der Waals surface area contributed by atoms with E-state index in [-0.39, 0.29) is 24.1 Å². The molecule has 7 nitrogen and oxygen atoms in total. The van der Waals surface area contributed by atoms with Gasteiger partial charge in [0.15, 0.2) is 5.82 Å². The molecule has 1 atom stereocenters. The van der Waals surface area contributed by atoms with Gasteiger partial charge in [-0.1, -0.05) is 39.3 Å². The summed E-state index contributed by atoms with van der Waals surface area (Å²) in [4.78, 5) is 18.3. The van der Waals surface area contributed by atoms with Crippen molar-refractivity contribution in [3.63, 3.8) is 0 Å². The number of nitrogens with one attached hydrogen (secondary N) is 1. The van der Waals surface area contributed by atoms with E-state index in [2.05, 4.69) is 22.4 Å². The lowest BCUT2D eigenvalue weighted by atomic mass is 9.97. The van der Waals surface area contributed by atoms with E-state index in [0.29, 0.717) is 31.4 Å². The van der Waals surface area contributed by atoms with Gasteiger partial charge in [-0.3, -0.25) is 0 Å². The van der Waals surface area contributed by atoms with E-state index in [9.17, 15) is 4.79 Å². The number of carbonyl (C=O) groups excluding carboxylic acids is 1. The molecule has 1 aromatic rings. The predicted molar refractivity (Wildman–Crippen MR) is 81.5 cm³/mol. The molecule has 1 aliphatic heterocycles.